The smallest absolute Gasteiger partial charge is 0.201 e. The van der Waals surface area contributed by atoms with Gasteiger partial charge in [-0.15, -0.1) is 0 Å². The SMILES string of the molecule is CCCNc1ccc(C#CC#CNc2ccc(N(C)C)cc2)ccc1=O. The summed E-state index contributed by atoms with van der Waals surface area (Å²) in [5, 5.41) is 6.12. The van der Waals surface area contributed by atoms with Gasteiger partial charge >= 0.3 is 0 Å². The van der Waals surface area contributed by atoms with E-state index in [1.807, 2.05) is 49.3 Å². The Bertz CT molecular complexity index is 910. The predicted molar refractivity (Wildman–Crippen MR) is 111 cm³/mol. The van der Waals surface area contributed by atoms with Crippen LogP contribution in [0.4, 0.5) is 17.1 Å². The fraction of sp³-hybridized carbons (Fsp3) is 0.227. The molecular weight excluding hydrogens is 322 g/mol. The summed E-state index contributed by atoms with van der Waals surface area (Å²) in [5.41, 5.74) is 3.34. The molecule has 0 aliphatic rings. The Morgan fingerprint density at radius 1 is 0.962 bits per heavy atom. The molecule has 0 aliphatic heterocycles. The molecule has 2 aromatic rings. The molecule has 0 amide bonds. The van der Waals surface area contributed by atoms with Gasteiger partial charge in [-0.2, -0.15) is 0 Å². The van der Waals surface area contributed by atoms with Gasteiger partial charge in [0.15, 0.2) is 0 Å². The fourth-order valence-electron chi connectivity index (χ4n) is 2.14. The summed E-state index contributed by atoms with van der Waals surface area (Å²) in [6.45, 7) is 2.83. The average molecular weight is 345 g/mol. The molecule has 132 valence electrons. The van der Waals surface area contributed by atoms with Gasteiger partial charge in [-0.3, -0.25) is 4.79 Å². The molecule has 0 saturated carbocycles. The van der Waals surface area contributed by atoms with Crippen LogP contribution in [0.15, 0.2) is 53.3 Å². The van der Waals surface area contributed by atoms with Crippen molar-refractivity contribution in [2.45, 2.75) is 13.3 Å². The third kappa shape index (κ3) is 5.92. The highest BCUT2D eigenvalue weighted by Crippen LogP contribution is 2.14. The van der Waals surface area contributed by atoms with Gasteiger partial charge < -0.3 is 15.5 Å². The van der Waals surface area contributed by atoms with E-state index >= 15 is 0 Å². The van der Waals surface area contributed by atoms with Gasteiger partial charge in [-0.25, -0.2) is 0 Å². The van der Waals surface area contributed by atoms with E-state index < -0.39 is 0 Å². The van der Waals surface area contributed by atoms with E-state index in [-0.39, 0.29) is 5.43 Å². The molecule has 0 radical (unpaired) electrons. The summed E-state index contributed by atoms with van der Waals surface area (Å²) in [6.07, 6.45) is 0.963. The van der Waals surface area contributed by atoms with Crippen LogP contribution in [0.25, 0.3) is 0 Å². The second kappa shape index (κ2) is 9.81. The first-order valence-corrected chi connectivity index (χ1v) is 8.53. The van der Waals surface area contributed by atoms with Crippen LogP contribution in [0.2, 0.25) is 0 Å². The summed E-state index contributed by atoms with van der Waals surface area (Å²) in [5.74, 6) is 8.51. The minimum atomic E-state index is -0.0413. The standard InChI is InChI=1S/C22H23N3O/c1-4-16-24-21-14-8-18(9-15-22(21)26)7-5-6-17-23-19-10-12-20(13-11-19)25(2)3/h8-15,23H,4,16H2,1-3H3,(H,24,26). The lowest BCUT2D eigenvalue weighted by molar-refractivity contribution is 0.978. The van der Waals surface area contributed by atoms with Crippen LogP contribution in [0.3, 0.4) is 0 Å². The first-order chi connectivity index (χ1) is 12.6. The Hall–Kier alpha value is -3.37. The van der Waals surface area contributed by atoms with Gasteiger partial charge in [0.1, 0.15) is 0 Å². The number of rotatable bonds is 5. The summed E-state index contributed by atoms with van der Waals surface area (Å²) in [7, 11) is 4.00. The second-order valence-electron chi connectivity index (χ2n) is 5.89. The van der Waals surface area contributed by atoms with Crippen molar-refractivity contribution < 1.29 is 0 Å². The third-order valence-electron chi connectivity index (χ3n) is 3.60. The minimum Gasteiger partial charge on any atom is -0.382 e. The van der Waals surface area contributed by atoms with Crippen molar-refractivity contribution in [1.29, 1.82) is 0 Å². The molecule has 0 spiro atoms. The molecule has 0 aliphatic carbocycles. The third-order valence-corrected chi connectivity index (χ3v) is 3.60. The lowest BCUT2D eigenvalue weighted by atomic mass is 10.2. The molecule has 2 rings (SSSR count). The number of anilines is 3. The van der Waals surface area contributed by atoms with E-state index in [0.29, 0.717) is 5.69 Å². The quantitative estimate of drug-likeness (QED) is 0.644. The number of benzene rings is 1. The van der Waals surface area contributed by atoms with Crippen LogP contribution in [0.1, 0.15) is 18.9 Å². The number of nitrogens with zero attached hydrogens (tertiary/aromatic N) is 1. The molecule has 0 atom stereocenters. The summed E-state index contributed by atoms with van der Waals surface area (Å²) >= 11 is 0. The Morgan fingerprint density at radius 2 is 1.69 bits per heavy atom. The second-order valence-corrected chi connectivity index (χ2v) is 5.89. The van der Waals surface area contributed by atoms with Crippen molar-refractivity contribution >= 4 is 17.1 Å². The summed E-state index contributed by atoms with van der Waals surface area (Å²) in [4.78, 5) is 14.0. The number of hydrogen-bond donors (Lipinski definition) is 2. The Kier molecular flexibility index (Phi) is 7.16. The van der Waals surface area contributed by atoms with Crippen LogP contribution in [-0.2, 0) is 0 Å². The molecule has 0 aromatic heterocycles. The Morgan fingerprint density at radius 3 is 2.38 bits per heavy atom. The number of hydrogen-bond acceptors (Lipinski definition) is 4. The van der Waals surface area contributed by atoms with E-state index in [1.165, 1.54) is 6.07 Å². The largest absolute Gasteiger partial charge is 0.382 e. The molecule has 0 bridgehead atoms. The fourth-order valence-corrected chi connectivity index (χ4v) is 2.14. The normalized spacial score (nSPS) is 9.19. The minimum absolute atomic E-state index is 0.0413. The van der Waals surface area contributed by atoms with E-state index in [0.717, 1.165) is 29.9 Å². The molecule has 2 aromatic carbocycles. The summed E-state index contributed by atoms with van der Waals surface area (Å²) < 4.78 is 0. The molecular formula is C22H23N3O. The highest BCUT2D eigenvalue weighted by atomic mass is 16.1. The van der Waals surface area contributed by atoms with Crippen LogP contribution in [0.5, 0.6) is 0 Å². The highest BCUT2D eigenvalue weighted by molar-refractivity contribution is 5.57. The van der Waals surface area contributed by atoms with Gasteiger partial charge in [0.2, 0.25) is 5.43 Å². The Labute approximate surface area is 155 Å². The van der Waals surface area contributed by atoms with Gasteiger partial charge in [0.25, 0.3) is 0 Å². The molecule has 4 nitrogen and oxygen atoms in total. The molecule has 2 N–H and O–H groups in total. The van der Waals surface area contributed by atoms with Crippen LogP contribution < -0.4 is 21.0 Å². The summed E-state index contributed by atoms with van der Waals surface area (Å²) in [6, 6.07) is 17.6. The number of nitrogens with one attached hydrogen (secondary N) is 2. The lowest BCUT2D eigenvalue weighted by Crippen LogP contribution is -2.08. The van der Waals surface area contributed by atoms with E-state index in [4.69, 9.17) is 0 Å². The van der Waals surface area contributed by atoms with Crippen molar-refractivity contribution in [1.82, 2.24) is 0 Å². The van der Waals surface area contributed by atoms with Crippen molar-refractivity contribution in [3.63, 3.8) is 0 Å². The maximum Gasteiger partial charge on any atom is 0.201 e. The van der Waals surface area contributed by atoms with Crippen LogP contribution >= 0.6 is 0 Å². The van der Waals surface area contributed by atoms with Crippen LogP contribution in [-0.4, -0.2) is 20.6 Å². The van der Waals surface area contributed by atoms with E-state index in [9.17, 15) is 4.79 Å². The lowest BCUT2D eigenvalue weighted by Gasteiger charge is -2.12. The maximum atomic E-state index is 11.9. The van der Waals surface area contributed by atoms with Gasteiger partial charge in [0, 0.05) is 49.5 Å². The zero-order valence-corrected chi connectivity index (χ0v) is 15.4. The Balaban J connectivity index is 2.01. The van der Waals surface area contributed by atoms with Gasteiger partial charge in [0.05, 0.1) is 5.69 Å². The first kappa shape index (κ1) is 19.0. The molecule has 0 unspecified atom stereocenters. The monoisotopic (exact) mass is 345 g/mol. The van der Waals surface area contributed by atoms with Crippen molar-refractivity contribution in [3.8, 4) is 23.8 Å². The maximum absolute atomic E-state index is 11.9. The van der Waals surface area contributed by atoms with Crippen molar-refractivity contribution in [3.05, 3.63) is 64.3 Å². The molecule has 26 heavy (non-hydrogen) atoms. The molecule has 0 heterocycles. The molecule has 0 saturated heterocycles. The first-order valence-electron chi connectivity index (χ1n) is 8.53. The molecule has 4 heteroatoms. The predicted octanol–water partition coefficient (Wildman–Crippen LogP) is 3.36. The van der Waals surface area contributed by atoms with Gasteiger partial charge in [-0.1, -0.05) is 12.8 Å². The highest BCUT2D eigenvalue weighted by Gasteiger charge is 1.95. The van der Waals surface area contributed by atoms with Crippen LogP contribution in [0, 0.1) is 23.8 Å². The van der Waals surface area contributed by atoms with Crippen molar-refractivity contribution in [2.24, 2.45) is 0 Å². The van der Waals surface area contributed by atoms with E-state index in [2.05, 4.69) is 41.4 Å². The van der Waals surface area contributed by atoms with Gasteiger partial charge in [-0.05, 0) is 60.9 Å². The topological polar surface area (TPSA) is 44.4 Å². The zero-order valence-electron chi connectivity index (χ0n) is 15.4. The van der Waals surface area contributed by atoms with E-state index in [1.54, 1.807) is 12.1 Å². The zero-order chi connectivity index (χ0) is 18.8. The molecule has 0 fully saturated rings. The average Bonchev–Trinajstić information content (AvgIpc) is 2.82. The van der Waals surface area contributed by atoms with Crippen molar-refractivity contribution in [2.75, 3.05) is 36.2 Å².